The van der Waals surface area contributed by atoms with Crippen molar-refractivity contribution in [1.82, 2.24) is 10.2 Å². The molecule has 108 valence electrons. The molecular weight excluding hydrogens is 240 g/mol. The van der Waals surface area contributed by atoms with Gasteiger partial charge in [-0.1, -0.05) is 20.3 Å². The monoisotopic (exact) mass is 266 g/mol. The number of hydrogen-bond donors (Lipinski definition) is 1. The van der Waals surface area contributed by atoms with Gasteiger partial charge in [-0.3, -0.25) is 9.59 Å². The summed E-state index contributed by atoms with van der Waals surface area (Å²) in [7, 11) is 0. The van der Waals surface area contributed by atoms with Crippen LogP contribution in [0.4, 0.5) is 0 Å². The van der Waals surface area contributed by atoms with E-state index in [0.29, 0.717) is 6.42 Å². The van der Waals surface area contributed by atoms with Crippen molar-refractivity contribution >= 4 is 11.8 Å². The van der Waals surface area contributed by atoms with Crippen LogP contribution >= 0.6 is 0 Å². The van der Waals surface area contributed by atoms with Crippen molar-refractivity contribution in [2.24, 2.45) is 5.92 Å². The van der Waals surface area contributed by atoms with E-state index >= 15 is 0 Å². The molecule has 2 aliphatic rings. The van der Waals surface area contributed by atoms with Crippen LogP contribution < -0.4 is 5.32 Å². The average Bonchev–Trinajstić information content (AvgIpc) is 2.42. The van der Waals surface area contributed by atoms with E-state index in [1.807, 2.05) is 11.8 Å². The Kier molecular flexibility index (Phi) is 4.48. The Morgan fingerprint density at radius 2 is 1.74 bits per heavy atom. The van der Waals surface area contributed by atoms with Crippen LogP contribution in [0.2, 0.25) is 0 Å². The van der Waals surface area contributed by atoms with Crippen molar-refractivity contribution in [3.05, 3.63) is 0 Å². The summed E-state index contributed by atoms with van der Waals surface area (Å²) in [6.45, 7) is 6.01. The highest BCUT2D eigenvalue weighted by molar-refractivity contribution is 5.96. The van der Waals surface area contributed by atoms with Crippen LogP contribution in [0.15, 0.2) is 0 Å². The first-order chi connectivity index (χ1) is 9.08. The minimum absolute atomic E-state index is 0.0206. The molecule has 0 aromatic carbocycles. The Balaban J connectivity index is 2.10. The van der Waals surface area contributed by atoms with Crippen LogP contribution in [0.5, 0.6) is 0 Å². The zero-order valence-electron chi connectivity index (χ0n) is 12.3. The van der Waals surface area contributed by atoms with E-state index < -0.39 is 0 Å². The van der Waals surface area contributed by atoms with Crippen molar-refractivity contribution in [3.8, 4) is 0 Å². The van der Waals surface area contributed by atoms with Crippen molar-refractivity contribution < 1.29 is 9.59 Å². The van der Waals surface area contributed by atoms with Crippen LogP contribution in [0.3, 0.4) is 0 Å². The minimum Gasteiger partial charge on any atom is -0.343 e. The molecule has 19 heavy (non-hydrogen) atoms. The van der Waals surface area contributed by atoms with Gasteiger partial charge in [0.1, 0.15) is 12.1 Å². The van der Waals surface area contributed by atoms with Gasteiger partial charge in [0.05, 0.1) is 0 Å². The van der Waals surface area contributed by atoms with E-state index in [0.717, 1.165) is 18.8 Å². The zero-order chi connectivity index (χ0) is 14.0. The Bertz CT molecular complexity index is 348. The second kappa shape index (κ2) is 5.93. The Labute approximate surface area is 115 Å². The molecule has 1 aliphatic heterocycles. The Morgan fingerprint density at radius 1 is 1.11 bits per heavy atom. The molecule has 0 bridgehead atoms. The van der Waals surface area contributed by atoms with Crippen LogP contribution in [-0.4, -0.2) is 34.8 Å². The molecule has 1 heterocycles. The van der Waals surface area contributed by atoms with Crippen molar-refractivity contribution in [2.75, 3.05) is 0 Å². The van der Waals surface area contributed by atoms with E-state index in [9.17, 15) is 9.59 Å². The highest BCUT2D eigenvalue weighted by Crippen LogP contribution is 2.32. The highest BCUT2D eigenvalue weighted by atomic mass is 16.2. The number of carbonyl (C=O) groups is 2. The van der Waals surface area contributed by atoms with E-state index in [1.165, 1.54) is 19.3 Å². The van der Waals surface area contributed by atoms with Gasteiger partial charge in [-0.25, -0.2) is 0 Å². The summed E-state index contributed by atoms with van der Waals surface area (Å²) >= 11 is 0. The van der Waals surface area contributed by atoms with E-state index in [2.05, 4.69) is 12.2 Å². The SMILES string of the molecule is CCC1CCC(N2C(=O)C(C)NC(=O)C2CC)CC1. The fourth-order valence-electron chi connectivity index (χ4n) is 3.52. The minimum atomic E-state index is -0.362. The summed E-state index contributed by atoms with van der Waals surface area (Å²) in [5, 5.41) is 2.79. The lowest BCUT2D eigenvalue weighted by Gasteiger charge is -2.44. The predicted molar refractivity (Wildman–Crippen MR) is 74.6 cm³/mol. The molecular formula is C15H26N2O2. The fourth-order valence-corrected chi connectivity index (χ4v) is 3.52. The van der Waals surface area contributed by atoms with Gasteiger partial charge < -0.3 is 10.2 Å². The first kappa shape index (κ1) is 14.4. The normalized spacial score (nSPS) is 36.3. The molecule has 2 unspecified atom stereocenters. The van der Waals surface area contributed by atoms with Gasteiger partial charge in [-0.15, -0.1) is 0 Å². The summed E-state index contributed by atoms with van der Waals surface area (Å²) in [6.07, 6.45) is 6.43. The first-order valence-corrected chi connectivity index (χ1v) is 7.71. The fraction of sp³-hybridized carbons (Fsp3) is 0.867. The van der Waals surface area contributed by atoms with Crippen LogP contribution in [0.1, 0.15) is 59.3 Å². The van der Waals surface area contributed by atoms with Crippen LogP contribution in [0.25, 0.3) is 0 Å². The lowest BCUT2D eigenvalue weighted by atomic mass is 9.83. The van der Waals surface area contributed by atoms with E-state index in [-0.39, 0.29) is 29.9 Å². The summed E-state index contributed by atoms with van der Waals surface area (Å²) < 4.78 is 0. The molecule has 2 rings (SSSR count). The number of carbonyl (C=O) groups excluding carboxylic acids is 2. The third-order valence-corrected chi connectivity index (χ3v) is 4.80. The highest BCUT2D eigenvalue weighted by Gasteiger charge is 2.41. The topological polar surface area (TPSA) is 49.4 Å². The molecule has 0 aromatic rings. The largest absolute Gasteiger partial charge is 0.343 e. The van der Waals surface area contributed by atoms with Gasteiger partial charge in [-0.05, 0) is 44.9 Å². The smallest absolute Gasteiger partial charge is 0.245 e. The molecule has 1 N–H and O–H groups in total. The second-order valence-electron chi connectivity index (χ2n) is 5.98. The Hall–Kier alpha value is -1.06. The van der Waals surface area contributed by atoms with Crippen molar-refractivity contribution in [3.63, 3.8) is 0 Å². The van der Waals surface area contributed by atoms with Gasteiger partial charge >= 0.3 is 0 Å². The van der Waals surface area contributed by atoms with Gasteiger partial charge in [0, 0.05) is 6.04 Å². The lowest BCUT2D eigenvalue weighted by molar-refractivity contribution is -0.152. The molecule has 0 aromatic heterocycles. The Morgan fingerprint density at radius 3 is 2.26 bits per heavy atom. The summed E-state index contributed by atoms with van der Waals surface area (Å²) in [4.78, 5) is 26.3. The van der Waals surface area contributed by atoms with Gasteiger partial charge in [0.2, 0.25) is 11.8 Å². The molecule has 1 saturated carbocycles. The van der Waals surface area contributed by atoms with E-state index in [1.54, 1.807) is 6.92 Å². The van der Waals surface area contributed by atoms with E-state index in [4.69, 9.17) is 0 Å². The molecule has 4 heteroatoms. The maximum absolute atomic E-state index is 12.4. The molecule has 4 nitrogen and oxygen atoms in total. The number of amides is 2. The van der Waals surface area contributed by atoms with Gasteiger partial charge in [-0.2, -0.15) is 0 Å². The number of nitrogens with zero attached hydrogens (tertiary/aromatic N) is 1. The molecule has 0 spiro atoms. The predicted octanol–water partition coefficient (Wildman–Crippen LogP) is 2.08. The lowest BCUT2D eigenvalue weighted by Crippen LogP contribution is -2.65. The average molecular weight is 266 g/mol. The van der Waals surface area contributed by atoms with Crippen LogP contribution in [0, 0.1) is 5.92 Å². The molecule has 1 saturated heterocycles. The molecule has 2 fully saturated rings. The molecule has 0 radical (unpaired) electrons. The third-order valence-electron chi connectivity index (χ3n) is 4.80. The summed E-state index contributed by atoms with van der Waals surface area (Å²) in [6, 6.07) is -0.347. The van der Waals surface area contributed by atoms with Crippen molar-refractivity contribution in [2.45, 2.75) is 77.4 Å². The second-order valence-corrected chi connectivity index (χ2v) is 5.98. The number of nitrogens with one attached hydrogen (secondary N) is 1. The first-order valence-electron chi connectivity index (χ1n) is 7.71. The maximum Gasteiger partial charge on any atom is 0.245 e. The zero-order valence-corrected chi connectivity index (χ0v) is 12.3. The maximum atomic E-state index is 12.4. The standard InChI is InChI=1S/C15H26N2O2/c1-4-11-6-8-12(9-7-11)17-13(5-2)14(18)16-10(3)15(17)19/h10-13H,4-9H2,1-3H3,(H,16,18). The number of rotatable bonds is 3. The van der Waals surface area contributed by atoms with Crippen LogP contribution in [-0.2, 0) is 9.59 Å². The molecule has 2 atom stereocenters. The van der Waals surface area contributed by atoms with Crippen molar-refractivity contribution in [1.29, 1.82) is 0 Å². The van der Waals surface area contributed by atoms with Gasteiger partial charge in [0.15, 0.2) is 0 Å². The summed E-state index contributed by atoms with van der Waals surface area (Å²) in [5.74, 6) is 0.932. The van der Waals surface area contributed by atoms with Gasteiger partial charge in [0.25, 0.3) is 0 Å². The summed E-state index contributed by atoms with van der Waals surface area (Å²) in [5.41, 5.74) is 0. The quantitative estimate of drug-likeness (QED) is 0.850. The third kappa shape index (κ3) is 2.77. The number of hydrogen-bond acceptors (Lipinski definition) is 2. The molecule has 1 aliphatic carbocycles. The molecule has 2 amide bonds. The number of piperazine rings is 1.